The van der Waals surface area contributed by atoms with Gasteiger partial charge in [-0.25, -0.2) is 0 Å². The predicted octanol–water partition coefficient (Wildman–Crippen LogP) is 16.4. The number of rotatable bonds is 46. The molecule has 0 aliphatic rings. The molecule has 0 radical (unpaired) electrons. The molecule has 58 heavy (non-hydrogen) atoms. The largest absolute Gasteiger partial charge is 0.462 e. The maximum Gasteiger partial charge on any atom is 0.306 e. The van der Waals surface area contributed by atoms with Crippen molar-refractivity contribution in [3.05, 3.63) is 24.3 Å². The molecule has 6 heteroatoms. The topological polar surface area (TPSA) is 78.9 Å². The molecule has 0 aromatic rings. The average molecular weight is 817 g/mol. The molecule has 0 rings (SSSR count). The van der Waals surface area contributed by atoms with Crippen molar-refractivity contribution in [2.75, 3.05) is 13.2 Å². The van der Waals surface area contributed by atoms with Gasteiger partial charge in [-0.05, 0) is 51.4 Å². The Morgan fingerprint density at radius 3 is 0.983 bits per heavy atom. The lowest BCUT2D eigenvalue weighted by Crippen LogP contribution is -2.30. The van der Waals surface area contributed by atoms with Gasteiger partial charge < -0.3 is 14.2 Å². The van der Waals surface area contributed by atoms with Crippen LogP contribution in [0, 0.1) is 0 Å². The highest BCUT2D eigenvalue weighted by atomic mass is 16.6. The van der Waals surface area contributed by atoms with E-state index in [1.54, 1.807) is 0 Å². The van der Waals surface area contributed by atoms with Crippen LogP contribution in [-0.2, 0) is 28.6 Å². The summed E-state index contributed by atoms with van der Waals surface area (Å²) in [5.41, 5.74) is 0. The van der Waals surface area contributed by atoms with E-state index in [-0.39, 0.29) is 31.1 Å². The zero-order valence-electron chi connectivity index (χ0n) is 38.8. The Morgan fingerprint density at radius 2 is 0.621 bits per heavy atom. The molecular formula is C52H96O6. The molecule has 0 bridgehead atoms. The smallest absolute Gasteiger partial charge is 0.306 e. The summed E-state index contributed by atoms with van der Waals surface area (Å²) in [5.74, 6) is -0.882. The molecule has 340 valence electrons. The van der Waals surface area contributed by atoms with Crippen LogP contribution in [-0.4, -0.2) is 37.2 Å². The Morgan fingerprint density at radius 1 is 0.345 bits per heavy atom. The molecule has 0 saturated heterocycles. The normalized spacial score (nSPS) is 12.1. The molecule has 0 amide bonds. The van der Waals surface area contributed by atoms with Crippen molar-refractivity contribution in [2.45, 2.75) is 277 Å². The summed E-state index contributed by atoms with van der Waals surface area (Å²) in [6.07, 6.45) is 53.2. The van der Waals surface area contributed by atoms with Crippen LogP contribution < -0.4 is 0 Å². The van der Waals surface area contributed by atoms with Gasteiger partial charge in [0.2, 0.25) is 0 Å². The second-order valence-corrected chi connectivity index (χ2v) is 17.1. The Bertz CT molecular complexity index is 942. The third kappa shape index (κ3) is 45.0. The Balaban J connectivity index is 4.23. The van der Waals surface area contributed by atoms with Crippen LogP contribution in [0.3, 0.4) is 0 Å². The highest BCUT2D eigenvalue weighted by Gasteiger charge is 2.19. The fourth-order valence-electron chi connectivity index (χ4n) is 7.36. The second kappa shape index (κ2) is 47.6. The minimum absolute atomic E-state index is 0.0729. The maximum absolute atomic E-state index is 12.7. The van der Waals surface area contributed by atoms with Gasteiger partial charge in [-0.3, -0.25) is 14.4 Å². The van der Waals surface area contributed by atoms with Crippen molar-refractivity contribution in [2.24, 2.45) is 0 Å². The molecule has 0 aromatic heterocycles. The van der Waals surface area contributed by atoms with E-state index in [0.29, 0.717) is 19.3 Å². The SMILES string of the molecule is CCCCC/C=C\C/C=C\CCCCCCCC(=O)OC(COC(=O)CCCCCCCCC)COC(=O)CCCCCCCCCCCCCCCCCCCC. The first-order valence-corrected chi connectivity index (χ1v) is 25.3. The standard InChI is InChI=1S/C52H96O6/c1-4-7-10-13-16-18-20-22-24-25-26-28-29-31-33-36-39-42-45-51(54)57-48-49(47-56-50(53)44-41-38-35-15-12-9-6-3)58-52(55)46-43-40-37-34-32-30-27-23-21-19-17-14-11-8-5-2/h17,19,23,27,49H,4-16,18,20-22,24-26,28-48H2,1-3H3/b19-17-,27-23-. The van der Waals surface area contributed by atoms with Crippen LogP contribution in [0.2, 0.25) is 0 Å². The lowest BCUT2D eigenvalue weighted by Gasteiger charge is -2.18. The third-order valence-corrected chi connectivity index (χ3v) is 11.2. The lowest BCUT2D eigenvalue weighted by atomic mass is 10.0. The van der Waals surface area contributed by atoms with Crippen molar-refractivity contribution >= 4 is 17.9 Å². The van der Waals surface area contributed by atoms with Gasteiger partial charge >= 0.3 is 17.9 Å². The molecular weight excluding hydrogens is 721 g/mol. The number of esters is 3. The summed E-state index contributed by atoms with van der Waals surface area (Å²) in [5, 5.41) is 0. The van der Waals surface area contributed by atoms with Crippen molar-refractivity contribution in [1.82, 2.24) is 0 Å². The van der Waals surface area contributed by atoms with E-state index in [4.69, 9.17) is 14.2 Å². The second-order valence-electron chi connectivity index (χ2n) is 17.1. The molecule has 6 nitrogen and oxygen atoms in total. The van der Waals surface area contributed by atoms with Gasteiger partial charge in [-0.2, -0.15) is 0 Å². The van der Waals surface area contributed by atoms with Crippen LogP contribution in [0.25, 0.3) is 0 Å². The molecule has 0 spiro atoms. The number of hydrogen-bond acceptors (Lipinski definition) is 6. The van der Waals surface area contributed by atoms with Gasteiger partial charge in [0, 0.05) is 19.3 Å². The molecule has 0 aliphatic carbocycles. The summed E-state index contributed by atoms with van der Waals surface area (Å²) in [6.45, 7) is 6.58. The summed E-state index contributed by atoms with van der Waals surface area (Å²) >= 11 is 0. The van der Waals surface area contributed by atoms with Gasteiger partial charge in [0.15, 0.2) is 6.10 Å². The monoisotopic (exact) mass is 817 g/mol. The van der Waals surface area contributed by atoms with E-state index in [1.165, 1.54) is 154 Å². The van der Waals surface area contributed by atoms with E-state index in [2.05, 4.69) is 45.1 Å². The summed E-state index contributed by atoms with van der Waals surface area (Å²) in [6, 6.07) is 0. The number of carbonyl (C=O) groups is 3. The lowest BCUT2D eigenvalue weighted by molar-refractivity contribution is -0.167. The first-order chi connectivity index (χ1) is 28.5. The van der Waals surface area contributed by atoms with E-state index < -0.39 is 6.10 Å². The van der Waals surface area contributed by atoms with Gasteiger partial charge in [-0.15, -0.1) is 0 Å². The third-order valence-electron chi connectivity index (χ3n) is 11.2. The molecule has 0 fully saturated rings. The van der Waals surface area contributed by atoms with Gasteiger partial charge in [0.05, 0.1) is 0 Å². The summed E-state index contributed by atoms with van der Waals surface area (Å²) in [4.78, 5) is 37.7. The fraction of sp³-hybridized carbons (Fsp3) is 0.865. The van der Waals surface area contributed by atoms with Crippen molar-refractivity contribution in [3.63, 3.8) is 0 Å². The quantitative estimate of drug-likeness (QED) is 0.0263. The first kappa shape index (κ1) is 55.9. The van der Waals surface area contributed by atoms with Crippen LogP contribution in [0.5, 0.6) is 0 Å². The average Bonchev–Trinajstić information content (AvgIpc) is 3.22. The highest BCUT2D eigenvalue weighted by Crippen LogP contribution is 2.16. The molecule has 0 saturated carbocycles. The Labute approximate surface area is 360 Å². The van der Waals surface area contributed by atoms with Gasteiger partial charge in [0.1, 0.15) is 13.2 Å². The van der Waals surface area contributed by atoms with Gasteiger partial charge in [-0.1, -0.05) is 225 Å². The Hall–Kier alpha value is -2.11. The zero-order valence-corrected chi connectivity index (χ0v) is 38.8. The molecule has 0 N–H and O–H groups in total. The number of carbonyl (C=O) groups excluding carboxylic acids is 3. The van der Waals surface area contributed by atoms with E-state index >= 15 is 0 Å². The fourth-order valence-corrected chi connectivity index (χ4v) is 7.36. The molecule has 0 aliphatic heterocycles. The highest BCUT2D eigenvalue weighted by molar-refractivity contribution is 5.71. The van der Waals surface area contributed by atoms with E-state index in [1.807, 2.05) is 0 Å². The first-order valence-electron chi connectivity index (χ1n) is 25.3. The minimum atomic E-state index is -0.771. The molecule has 0 heterocycles. The predicted molar refractivity (Wildman–Crippen MR) is 247 cm³/mol. The zero-order chi connectivity index (χ0) is 42.3. The van der Waals surface area contributed by atoms with Gasteiger partial charge in [0.25, 0.3) is 0 Å². The Kier molecular flexibility index (Phi) is 45.8. The number of hydrogen-bond donors (Lipinski definition) is 0. The number of ether oxygens (including phenoxy) is 3. The van der Waals surface area contributed by atoms with Crippen molar-refractivity contribution in [3.8, 4) is 0 Å². The van der Waals surface area contributed by atoms with Crippen molar-refractivity contribution in [1.29, 1.82) is 0 Å². The van der Waals surface area contributed by atoms with Crippen LogP contribution in [0.15, 0.2) is 24.3 Å². The van der Waals surface area contributed by atoms with E-state index in [0.717, 1.165) is 77.0 Å². The van der Waals surface area contributed by atoms with Crippen LogP contribution in [0.1, 0.15) is 271 Å². The number of allylic oxidation sites excluding steroid dienone is 4. The summed E-state index contributed by atoms with van der Waals surface area (Å²) < 4.78 is 16.7. The van der Waals surface area contributed by atoms with Crippen LogP contribution in [0.4, 0.5) is 0 Å². The maximum atomic E-state index is 12.7. The minimum Gasteiger partial charge on any atom is -0.462 e. The van der Waals surface area contributed by atoms with E-state index in [9.17, 15) is 14.4 Å². The number of unbranched alkanes of at least 4 members (excludes halogenated alkanes) is 31. The molecule has 1 unspecified atom stereocenters. The molecule has 0 aromatic carbocycles. The van der Waals surface area contributed by atoms with Crippen molar-refractivity contribution < 1.29 is 28.6 Å². The summed E-state index contributed by atoms with van der Waals surface area (Å²) in [7, 11) is 0. The van der Waals surface area contributed by atoms with Crippen LogP contribution >= 0.6 is 0 Å². The molecule has 1 atom stereocenters.